The Bertz CT molecular complexity index is 915. The Morgan fingerprint density at radius 3 is 2.67 bits per heavy atom. The van der Waals surface area contributed by atoms with E-state index in [4.69, 9.17) is 4.74 Å². The van der Waals surface area contributed by atoms with Gasteiger partial charge < -0.3 is 9.64 Å². The molecule has 1 aromatic heterocycles. The number of rotatable bonds is 7. The molecule has 1 aliphatic heterocycles. The van der Waals surface area contributed by atoms with Crippen LogP contribution in [-0.4, -0.2) is 38.1 Å². The number of nitrogens with zero attached hydrogens (tertiary/aromatic N) is 3. The normalized spacial score (nSPS) is 14.6. The highest BCUT2D eigenvalue weighted by atomic mass is 79.9. The molecule has 1 saturated heterocycles. The number of hydrogen-bond donors (Lipinski definition) is 1. The van der Waals surface area contributed by atoms with Crippen molar-refractivity contribution in [1.82, 2.24) is 14.7 Å². The van der Waals surface area contributed by atoms with E-state index in [9.17, 15) is 8.42 Å². The molecule has 7 nitrogen and oxygen atoms in total. The van der Waals surface area contributed by atoms with E-state index in [0.29, 0.717) is 22.7 Å². The summed E-state index contributed by atoms with van der Waals surface area (Å²) in [4.78, 5) is 11.2. The first-order valence-electron chi connectivity index (χ1n) is 8.90. The summed E-state index contributed by atoms with van der Waals surface area (Å²) >= 11 is 3.31. The summed E-state index contributed by atoms with van der Waals surface area (Å²) in [5, 5.41) is 0. The first-order valence-corrected chi connectivity index (χ1v) is 11.2. The minimum Gasteiger partial charge on any atom is -0.492 e. The average molecular weight is 455 g/mol. The number of aromatic nitrogens is 2. The number of ether oxygens (including phenoxy) is 1. The zero-order valence-corrected chi connectivity index (χ0v) is 17.8. The second kappa shape index (κ2) is 8.53. The second-order valence-corrected chi connectivity index (χ2v) is 8.98. The number of halogens is 1. The van der Waals surface area contributed by atoms with Crippen LogP contribution in [-0.2, 0) is 16.6 Å². The van der Waals surface area contributed by atoms with Crippen LogP contribution in [0.5, 0.6) is 5.75 Å². The molecule has 1 N–H and O–H groups in total. The Hall–Kier alpha value is -1.71. The van der Waals surface area contributed by atoms with Gasteiger partial charge in [0, 0.05) is 29.3 Å². The summed E-state index contributed by atoms with van der Waals surface area (Å²) in [5.74, 6) is 1.62. The number of sulfonamides is 1. The van der Waals surface area contributed by atoms with Gasteiger partial charge in [-0.2, -0.15) is 0 Å². The third kappa shape index (κ3) is 4.97. The Kier molecular flexibility index (Phi) is 6.33. The lowest BCUT2D eigenvalue weighted by Crippen LogP contribution is -2.26. The molecule has 1 aliphatic rings. The van der Waals surface area contributed by atoms with E-state index in [-0.39, 0.29) is 11.4 Å². The van der Waals surface area contributed by atoms with Crippen LogP contribution >= 0.6 is 15.9 Å². The van der Waals surface area contributed by atoms with Crippen LogP contribution in [0.2, 0.25) is 0 Å². The van der Waals surface area contributed by atoms with Crippen molar-refractivity contribution in [2.24, 2.45) is 0 Å². The standard InChI is InChI=1S/C18H23BrN4O3S/c1-3-26-15-7-6-14(19)11-16(15)27(24,25)20-12-17-21-13(2)10-18(22-17)23-8-4-5-9-23/h6-7,10-11,20H,3-5,8-9,12H2,1-2H3. The second-order valence-electron chi connectivity index (χ2n) is 6.33. The van der Waals surface area contributed by atoms with Crippen molar-refractivity contribution in [3.63, 3.8) is 0 Å². The number of nitrogens with one attached hydrogen (secondary N) is 1. The maximum Gasteiger partial charge on any atom is 0.244 e. The molecular weight excluding hydrogens is 432 g/mol. The van der Waals surface area contributed by atoms with Crippen molar-refractivity contribution in [2.75, 3.05) is 24.6 Å². The molecule has 9 heteroatoms. The lowest BCUT2D eigenvalue weighted by molar-refractivity contribution is 0.331. The Labute approximate surface area is 168 Å². The van der Waals surface area contributed by atoms with Crippen LogP contribution in [0, 0.1) is 6.92 Å². The maximum atomic E-state index is 12.8. The highest BCUT2D eigenvalue weighted by Gasteiger charge is 2.21. The molecular formula is C18H23BrN4O3S. The summed E-state index contributed by atoms with van der Waals surface area (Å²) in [6, 6.07) is 6.84. The quantitative estimate of drug-likeness (QED) is 0.691. The Morgan fingerprint density at radius 1 is 1.22 bits per heavy atom. The number of aryl methyl sites for hydroxylation is 1. The smallest absolute Gasteiger partial charge is 0.244 e. The molecule has 27 heavy (non-hydrogen) atoms. The van der Waals surface area contributed by atoms with E-state index in [1.165, 1.54) is 6.07 Å². The third-order valence-electron chi connectivity index (χ3n) is 4.23. The van der Waals surface area contributed by atoms with Gasteiger partial charge in [0.2, 0.25) is 10.0 Å². The number of benzene rings is 1. The van der Waals surface area contributed by atoms with Crippen LogP contribution < -0.4 is 14.4 Å². The molecule has 3 rings (SSSR count). The van der Waals surface area contributed by atoms with Crippen LogP contribution in [0.1, 0.15) is 31.3 Å². The maximum absolute atomic E-state index is 12.8. The molecule has 0 bridgehead atoms. The molecule has 146 valence electrons. The highest BCUT2D eigenvalue weighted by Crippen LogP contribution is 2.27. The highest BCUT2D eigenvalue weighted by molar-refractivity contribution is 9.10. The molecule has 1 fully saturated rings. The molecule has 0 atom stereocenters. The fraction of sp³-hybridized carbons (Fsp3) is 0.444. The topological polar surface area (TPSA) is 84.4 Å². The van der Waals surface area contributed by atoms with E-state index >= 15 is 0 Å². The largest absolute Gasteiger partial charge is 0.492 e. The van der Waals surface area contributed by atoms with Gasteiger partial charge >= 0.3 is 0 Å². The SMILES string of the molecule is CCOc1ccc(Br)cc1S(=O)(=O)NCc1nc(C)cc(N2CCCC2)n1. The summed E-state index contributed by atoms with van der Waals surface area (Å²) in [6.45, 7) is 6.04. The van der Waals surface area contributed by atoms with Crippen LogP contribution in [0.15, 0.2) is 33.6 Å². The van der Waals surface area contributed by atoms with Crippen LogP contribution in [0.25, 0.3) is 0 Å². The summed E-state index contributed by atoms with van der Waals surface area (Å²) in [5.41, 5.74) is 0.818. The Morgan fingerprint density at radius 2 is 1.96 bits per heavy atom. The van der Waals surface area contributed by atoms with Crippen molar-refractivity contribution in [1.29, 1.82) is 0 Å². The van der Waals surface area contributed by atoms with Crippen molar-refractivity contribution in [3.05, 3.63) is 40.3 Å². The van der Waals surface area contributed by atoms with E-state index in [2.05, 4.69) is 35.5 Å². The van der Waals surface area contributed by atoms with Gasteiger partial charge in [0.05, 0.1) is 13.2 Å². The van der Waals surface area contributed by atoms with E-state index < -0.39 is 10.0 Å². The number of hydrogen-bond acceptors (Lipinski definition) is 6. The monoisotopic (exact) mass is 454 g/mol. The minimum atomic E-state index is -3.78. The fourth-order valence-corrected chi connectivity index (χ4v) is 4.66. The molecule has 0 spiro atoms. The molecule has 2 heterocycles. The summed E-state index contributed by atoms with van der Waals surface area (Å²) in [7, 11) is -3.78. The third-order valence-corrected chi connectivity index (χ3v) is 6.15. The predicted molar refractivity (Wildman–Crippen MR) is 108 cm³/mol. The van der Waals surface area contributed by atoms with Gasteiger partial charge in [0.25, 0.3) is 0 Å². The zero-order valence-electron chi connectivity index (χ0n) is 15.4. The Balaban J connectivity index is 1.81. The van der Waals surface area contributed by atoms with Crippen molar-refractivity contribution in [3.8, 4) is 5.75 Å². The van der Waals surface area contributed by atoms with Gasteiger partial charge in [-0.3, -0.25) is 0 Å². The van der Waals surface area contributed by atoms with Crippen LogP contribution in [0.4, 0.5) is 5.82 Å². The number of anilines is 1. The lowest BCUT2D eigenvalue weighted by Gasteiger charge is -2.17. The zero-order chi connectivity index (χ0) is 19.4. The summed E-state index contributed by atoms with van der Waals surface area (Å²) in [6.07, 6.45) is 2.29. The fourth-order valence-electron chi connectivity index (χ4n) is 3.00. The van der Waals surface area contributed by atoms with Gasteiger partial charge in [-0.15, -0.1) is 0 Å². The molecule has 0 amide bonds. The van der Waals surface area contributed by atoms with Crippen molar-refractivity contribution < 1.29 is 13.2 Å². The molecule has 0 unspecified atom stereocenters. The lowest BCUT2D eigenvalue weighted by atomic mass is 10.3. The van der Waals surface area contributed by atoms with E-state index in [0.717, 1.165) is 37.4 Å². The predicted octanol–water partition coefficient (Wildman–Crippen LogP) is 3.02. The van der Waals surface area contributed by atoms with E-state index in [1.807, 2.05) is 19.9 Å². The van der Waals surface area contributed by atoms with Gasteiger partial charge in [-0.25, -0.2) is 23.1 Å². The molecule has 0 aliphatic carbocycles. The van der Waals surface area contributed by atoms with Gasteiger partial charge in [-0.1, -0.05) is 15.9 Å². The molecule has 0 saturated carbocycles. The van der Waals surface area contributed by atoms with Crippen molar-refractivity contribution in [2.45, 2.75) is 38.1 Å². The molecule has 1 aromatic carbocycles. The van der Waals surface area contributed by atoms with E-state index in [1.54, 1.807) is 12.1 Å². The van der Waals surface area contributed by atoms with Gasteiger partial charge in [0.1, 0.15) is 22.3 Å². The first-order chi connectivity index (χ1) is 12.9. The van der Waals surface area contributed by atoms with Crippen molar-refractivity contribution >= 4 is 31.8 Å². The van der Waals surface area contributed by atoms with Gasteiger partial charge in [0.15, 0.2) is 0 Å². The average Bonchev–Trinajstić information content (AvgIpc) is 3.16. The summed E-state index contributed by atoms with van der Waals surface area (Å²) < 4.78 is 34.3. The first kappa shape index (κ1) is 20.0. The van der Waals surface area contributed by atoms with Gasteiger partial charge in [-0.05, 0) is 44.9 Å². The van der Waals surface area contributed by atoms with Crippen LogP contribution in [0.3, 0.4) is 0 Å². The molecule has 2 aromatic rings. The minimum absolute atomic E-state index is 0.0168. The molecule has 0 radical (unpaired) electrons.